The van der Waals surface area contributed by atoms with Gasteiger partial charge < -0.3 is 10.4 Å². The summed E-state index contributed by atoms with van der Waals surface area (Å²) < 4.78 is 39.8. The van der Waals surface area contributed by atoms with Crippen LogP contribution >= 0.6 is 11.6 Å². The van der Waals surface area contributed by atoms with Crippen molar-refractivity contribution in [2.75, 3.05) is 13.1 Å². The van der Waals surface area contributed by atoms with Crippen LogP contribution in [0.4, 0.5) is 4.39 Å². The van der Waals surface area contributed by atoms with Crippen LogP contribution in [0, 0.1) is 12.7 Å². The van der Waals surface area contributed by atoms with Crippen molar-refractivity contribution in [2.45, 2.75) is 31.7 Å². The highest BCUT2D eigenvalue weighted by Gasteiger charge is 2.34. The number of aliphatic carboxylic acids is 1. The third kappa shape index (κ3) is 4.65. The van der Waals surface area contributed by atoms with E-state index < -0.39 is 27.9 Å². The van der Waals surface area contributed by atoms with Gasteiger partial charge in [0.1, 0.15) is 16.8 Å². The number of carbonyl (C=O) groups excluding carboxylic acids is 1. The Hall–Kier alpha value is -1.71. The summed E-state index contributed by atoms with van der Waals surface area (Å²) in [5, 5.41) is 11.2. The fourth-order valence-corrected chi connectivity index (χ4v) is 4.11. The zero-order valence-corrected chi connectivity index (χ0v) is 14.9. The molecule has 7 nitrogen and oxygen atoms in total. The normalized spacial score (nSPS) is 12.9. The number of rotatable bonds is 7. The van der Waals surface area contributed by atoms with Crippen molar-refractivity contribution in [2.24, 2.45) is 0 Å². The molecule has 134 valence electrons. The molecule has 1 amide bonds. The fraction of sp³-hybridized carbons (Fsp3) is 0.429. The van der Waals surface area contributed by atoms with Crippen LogP contribution in [-0.2, 0) is 19.6 Å². The highest BCUT2D eigenvalue weighted by molar-refractivity contribution is 7.89. The van der Waals surface area contributed by atoms with E-state index in [0.717, 1.165) is 12.1 Å². The summed E-state index contributed by atoms with van der Waals surface area (Å²) in [7, 11) is -4.31. The molecule has 2 N–H and O–H groups in total. The van der Waals surface area contributed by atoms with Crippen molar-refractivity contribution < 1.29 is 27.5 Å². The lowest BCUT2D eigenvalue weighted by Gasteiger charge is -2.26. The molecule has 1 unspecified atom stereocenters. The summed E-state index contributed by atoms with van der Waals surface area (Å²) in [6.45, 7) is 3.46. The number of halogens is 2. The standard InChI is InChI=1S/C14H18ClFN2O5S/c1-8-6-13(11(15)7-12(8)16)24(22,23)18(9(2)14(20)21)5-4-17-10(3)19/h6-7,9H,4-5H2,1-3H3,(H,17,19)(H,20,21). The predicted octanol–water partition coefficient (Wildman–Crippen LogP) is 1.39. The number of aryl methyl sites for hydroxylation is 1. The van der Waals surface area contributed by atoms with Gasteiger partial charge in [0.15, 0.2) is 0 Å². The van der Waals surface area contributed by atoms with Crippen LogP contribution in [0.25, 0.3) is 0 Å². The first-order valence-corrected chi connectivity index (χ1v) is 8.75. The Labute approximate surface area is 144 Å². The number of carboxylic acids is 1. The van der Waals surface area contributed by atoms with Crippen LogP contribution in [0.15, 0.2) is 17.0 Å². The van der Waals surface area contributed by atoms with Crippen molar-refractivity contribution >= 4 is 33.5 Å². The van der Waals surface area contributed by atoms with Gasteiger partial charge in [-0.25, -0.2) is 12.8 Å². The second kappa shape index (κ2) is 7.91. The number of sulfonamides is 1. The molecule has 0 bridgehead atoms. The Bertz CT molecular complexity index is 754. The summed E-state index contributed by atoms with van der Waals surface area (Å²) in [4.78, 5) is 21.8. The Kier molecular flexibility index (Phi) is 6.70. The first-order chi connectivity index (χ1) is 11.0. The van der Waals surface area contributed by atoms with Crippen molar-refractivity contribution in [3.8, 4) is 0 Å². The van der Waals surface area contributed by atoms with Crippen molar-refractivity contribution in [3.05, 3.63) is 28.5 Å². The van der Waals surface area contributed by atoms with Crippen molar-refractivity contribution in [1.82, 2.24) is 9.62 Å². The maximum atomic E-state index is 13.5. The smallest absolute Gasteiger partial charge is 0.321 e. The van der Waals surface area contributed by atoms with Gasteiger partial charge in [-0.3, -0.25) is 9.59 Å². The van der Waals surface area contributed by atoms with E-state index in [4.69, 9.17) is 16.7 Å². The monoisotopic (exact) mass is 380 g/mol. The number of benzene rings is 1. The number of hydrogen-bond donors (Lipinski definition) is 2. The van der Waals surface area contributed by atoms with Crippen LogP contribution in [0.3, 0.4) is 0 Å². The van der Waals surface area contributed by atoms with Crippen LogP contribution in [0.2, 0.25) is 5.02 Å². The van der Waals surface area contributed by atoms with E-state index in [1.807, 2.05) is 0 Å². The minimum absolute atomic E-state index is 0.0581. The minimum Gasteiger partial charge on any atom is -0.480 e. The third-order valence-corrected chi connectivity index (χ3v) is 5.73. The molecular weight excluding hydrogens is 363 g/mol. The Morgan fingerprint density at radius 2 is 2.00 bits per heavy atom. The summed E-state index contributed by atoms with van der Waals surface area (Å²) >= 11 is 5.84. The van der Waals surface area contributed by atoms with Crippen LogP contribution in [0.5, 0.6) is 0 Å². The number of nitrogens with zero attached hydrogens (tertiary/aromatic N) is 1. The number of amides is 1. The van der Waals surface area contributed by atoms with E-state index in [1.165, 1.54) is 20.8 Å². The summed E-state index contributed by atoms with van der Waals surface area (Å²) in [5.74, 6) is -2.42. The molecule has 1 aromatic carbocycles. The second-order valence-electron chi connectivity index (χ2n) is 5.14. The molecule has 10 heteroatoms. The van der Waals surface area contributed by atoms with Crippen molar-refractivity contribution in [3.63, 3.8) is 0 Å². The Morgan fingerprint density at radius 3 is 2.50 bits per heavy atom. The van der Waals surface area contributed by atoms with Gasteiger partial charge in [-0.05, 0) is 31.5 Å². The molecule has 0 spiro atoms. The summed E-state index contributed by atoms with van der Waals surface area (Å²) in [6, 6.07) is 0.513. The van der Waals surface area contributed by atoms with Gasteiger partial charge in [0.05, 0.1) is 5.02 Å². The van der Waals surface area contributed by atoms with Gasteiger partial charge in [0, 0.05) is 20.0 Å². The first-order valence-electron chi connectivity index (χ1n) is 6.93. The van der Waals surface area contributed by atoms with Crippen LogP contribution < -0.4 is 5.32 Å². The molecular formula is C14H18ClFN2O5S. The highest BCUT2D eigenvalue weighted by atomic mass is 35.5. The summed E-state index contributed by atoms with van der Waals surface area (Å²) in [5.41, 5.74) is 0.0581. The number of nitrogens with one attached hydrogen (secondary N) is 1. The molecule has 0 fully saturated rings. The van der Waals surface area contributed by atoms with Gasteiger partial charge in [-0.2, -0.15) is 4.31 Å². The van der Waals surface area contributed by atoms with E-state index in [0.29, 0.717) is 4.31 Å². The Balaban J connectivity index is 3.31. The van der Waals surface area contributed by atoms with E-state index >= 15 is 0 Å². The van der Waals surface area contributed by atoms with E-state index in [-0.39, 0.29) is 34.5 Å². The average molecular weight is 381 g/mol. The highest BCUT2D eigenvalue weighted by Crippen LogP contribution is 2.28. The van der Waals surface area contributed by atoms with Gasteiger partial charge in [-0.15, -0.1) is 0 Å². The lowest BCUT2D eigenvalue weighted by Crippen LogP contribution is -2.46. The SMILES string of the molecule is CC(=O)NCCN(C(C)C(=O)O)S(=O)(=O)c1cc(C)c(F)cc1Cl. The molecule has 0 saturated heterocycles. The molecule has 1 rings (SSSR count). The number of carboxylic acid groups (broad SMARTS) is 1. The quantitative estimate of drug-likeness (QED) is 0.743. The maximum Gasteiger partial charge on any atom is 0.321 e. The molecule has 0 aliphatic rings. The third-order valence-electron chi connectivity index (χ3n) is 3.30. The molecule has 0 radical (unpaired) electrons. The predicted molar refractivity (Wildman–Crippen MR) is 85.8 cm³/mol. The summed E-state index contributed by atoms with van der Waals surface area (Å²) in [6.07, 6.45) is 0. The molecule has 1 atom stereocenters. The Morgan fingerprint density at radius 1 is 1.42 bits per heavy atom. The van der Waals surface area contributed by atoms with Crippen LogP contribution in [-0.4, -0.2) is 48.8 Å². The van der Waals surface area contributed by atoms with Gasteiger partial charge in [0.25, 0.3) is 0 Å². The largest absolute Gasteiger partial charge is 0.480 e. The molecule has 24 heavy (non-hydrogen) atoms. The second-order valence-corrected chi connectivity index (χ2v) is 7.41. The lowest BCUT2D eigenvalue weighted by atomic mass is 10.2. The van der Waals surface area contributed by atoms with E-state index in [2.05, 4.69) is 5.32 Å². The molecule has 1 aromatic rings. The van der Waals surface area contributed by atoms with E-state index in [1.54, 1.807) is 0 Å². The zero-order valence-electron chi connectivity index (χ0n) is 13.3. The van der Waals surface area contributed by atoms with Crippen molar-refractivity contribution in [1.29, 1.82) is 0 Å². The molecule has 0 aromatic heterocycles. The van der Waals surface area contributed by atoms with Gasteiger partial charge in [0.2, 0.25) is 15.9 Å². The van der Waals surface area contributed by atoms with E-state index in [9.17, 15) is 22.4 Å². The lowest BCUT2D eigenvalue weighted by molar-refractivity contribution is -0.140. The van der Waals surface area contributed by atoms with Crippen LogP contribution in [0.1, 0.15) is 19.4 Å². The molecule has 0 aliphatic carbocycles. The average Bonchev–Trinajstić information content (AvgIpc) is 2.45. The minimum atomic E-state index is -4.31. The maximum absolute atomic E-state index is 13.5. The topological polar surface area (TPSA) is 104 Å². The first kappa shape index (κ1) is 20.3. The fourth-order valence-electron chi connectivity index (χ4n) is 1.94. The van der Waals surface area contributed by atoms with Gasteiger partial charge >= 0.3 is 5.97 Å². The van der Waals surface area contributed by atoms with Gasteiger partial charge in [-0.1, -0.05) is 11.6 Å². The number of carbonyl (C=O) groups is 2. The molecule has 0 aliphatic heterocycles. The number of hydrogen-bond acceptors (Lipinski definition) is 4. The zero-order chi connectivity index (χ0) is 18.7. The molecule has 0 saturated carbocycles. The molecule has 0 heterocycles.